The number of hydrogen-bond acceptors (Lipinski definition) is 6. The van der Waals surface area contributed by atoms with Gasteiger partial charge in [-0.15, -0.1) is 0 Å². The monoisotopic (exact) mass is 444 g/mol. The summed E-state index contributed by atoms with van der Waals surface area (Å²) in [5, 5.41) is 14.7. The van der Waals surface area contributed by atoms with Gasteiger partial charge in [-0.1, -0.05) is 0 Å². The van der Waals surface area contributed by atoms with Gasteiger partial charge in [0.15, 0.2) is 0 Å². The van der Waals surface area contributed by atoms with E-state index in [0.717, 1.165) is 29.9 Å². The van der Waals surface area contributed by atoms with Crippen molar-refractivity contribution < 1.29 is 14.5 Å². The summed E-state index contributed by atoms with van der Waals surface area (Å²) in [6.45, 7) is 2.44. The first kappa shape index (κ1) is 22.0. The summed E-state index contributed by atoms with van der Waals surface area (Å²) in [6, 6.07) is 21.1. The molecule has 3 aromatic rings. The van der Waals surface area contributed by atoms with Gasteiger partial charge in [-0.3, -0.25) is 14.9 Å². The van der Waals surface area contributed by atoms with Crippen LogP contribution < -0.4 is 15.1 Å². The van der Waals surface area contributed by atoms with Crippen LogP contribution in [-0.4, -0.2) is 30.1 Å². The molecule has 33 heavy (non-hydrogen) atoms. The smallest absolute Gasteiger partial charge is 0.271 e. The molecule has 0 saturated carbocycles. The van der Waals surface area contributed by atoms with E-state index in [0.29, 0.717) is 17.9 Å². The van der Waals surface area contributed by atoms with Gasteiger partial charge in [-0.25, -0.2) is 5.43 Å². The van der Waals surface area contributed by atoms with Crippen molar-refractivity contribution in [2.45, 2.75) is 19.4 Å². The Kier molecular flexibility index (Phi) is 6.94. The van der Waals surface area contributed by atoms with Crippen LogP contribution >= 0.6 is 0 Å². The van der Waals surface area contributed by atoms with Crippen molar-refractivity contribution in [3.8, 4) is 5.75 Å². The fourth-order valence-electron chi connectivity index (χ4n) is 3.56. The fraction of sp³-hybridized carbons (Fsp3) is 0.200. The molecule has 1 fully saturated rings. The van der Waals surface area contributed by atoms with E-state index < -0.39 is 4.92 Å². The van der Waals surface area contributed by atoms with Crippen molar-refractivity contribution in [1.82, 2.24) is 5.43 Å². The normalized spacial score (nSPS) is 13.3. The Morgan fingerprint density at radius 2 is 1.67 bits per heavy atom. The van der Waals surface area contributed by atoms with E-state index in [1.165, 1.54) is 25.0 Å². The Labute approximate surface area is 191 Å². The average molecular weight is 444 g/mol. The van der Waals surface area contributed by atoms with Crippen LogP contribution in [0.3, 0.4) is 0 Å². The molecule has 0 atom stereocenters. The van der Waals surface area contributed by atoms with Gasteiger partial charge in [0.05, 0.1) is 11.1 Å². The third-order valence-corrected chi connectivity index (χ3v) is 5.41. The van der Waals surface area contributed by atoms with Gasteiger partial charge in [0, 0.05) is 36.5 Å². The second-order valence-electron chi connectivity index (χ2n) is 7.72. The van der Waals surface area contributed by atoms with Crippen molar-refractivity contribution in [3.05, 3.63) is 99.6 Å². The minimum atomic E-state index is -0.432. The zero-order valence-corrected chi connectivity index (χ0v) is 18.0. The molecule has 1 heterocycles. The topological polar surface area (TPSA) is 97.1 Å². The molecule has 1 aliphatic heterocycles. The van der Waals surface area contributed by atoms with Crippen molar-refractivity contribution in [2.24, 2.45) is 5.10 Å². The van der Waals surface area contributed by atoms with Crippen LogP contribution in [0, 0.1) is 10.1 Å². The molecule has 0 radical (unpaired) electrons. The molecule has 1 N–H and O–H groups in total. The van der Waals surface area contributed by atoms with Gasteiger partial charge in [0.2, 0.25) is 0 Å². The number of carbonyl (C=O) groups is 1. The zero-order valence-electron chi connectivity index (χ0n) is 18.0. The summed E-state index contributed by atoms with van der Waals surface area (Å²) in [6.07, 6.45) is 3.99. The number of anilines is 1. The number of rotatable bonds is 8. The Bertz CT molecular complexity index is 1120. The summed E-state index contributed by atoms with van der Waals surface area (Å²) in [5.74, 6) is 0.398. The van der Waals surface area contributed by atoms with Gasteiger partial charge in [-0.2, -0.15) is 5.10 Å². The summed E-state index contributed by atoms with van der Waals surface area (Å²) >= 11 is 0. The number of hydrogen-bond donors (Lipinski definition) is 1. The maximum Gasteiger partial charge on any atom is 0.271 e. The van der Waals surface area contributed by atoms with Crippen LogP contribution in [0.2, 0.25) is 0 Å². The van der Waals surface area contributed by atoms with Crippen LogP contribution in [-0.2, 0) is 6.61 Å². The second-order valence-corrected chi connectivity index (χ2v) is 7.72. The van der Waals surface area contributed by atoms with Crippen molar-refractivity contribution in [2.75, 3.05) is 18.0 Å². The molecule has 3 aromatic carbocycles. The Balaban J connectivity index is 1.25. The lowest BCUT2D eigenvalue weighted by Crippen LogP contribution is -2.19. The molecule has 1 aliphatic rings. The van der Waals surface area contributed by atoms with Crippen LogP contribution in [0.25, 0.3) is 0 Å². The molecule has 4 rings (SSSR count). The quantitative estimate of drug-likeness (QED) is 0.313. The number of nitro benzene ring substituents is 1. The average Bonchev–Trinajstić information content (AvgIpc) is 3.39. The molecule has 168 valence electrons. The van der Waals surface area contributed by atoms with E-state index in [1.807, 2.05) is 36.4 Å². The standard InChI is InChI=1S/C25H24N4O4/c30-25(21-7-11-22(12-8-21)28-15-1-2-16-28)27-26-17-19-5-13-24(14-6-19)33-18-20-3-9-23(10-4-20)29(31)32/h3-14,17H,1-2,15-16,18H2,(H,27,30)/b26-17-. The van der Waals surface area contributed by atoms with Gasteiger partial charge in [0.25, 0.3) is 11.6 Å². The molecular weight excluding hydrogens is 420 g/mol. The van der Waals surface area contributed by atoms with Crippen molar-refractivity contribution >= 4 is 23.5 Å². The highest BCUT2D eigenvalue weighted by molar-refractivity contribution is 5.95. The molecule has 8 nitrogen and oxygen atoms in total. The Morgan fingerprint density at radius 3 is 2.30 bits per heavy atom. The number of benzene rings is 3. The number of hydrazone groups is 1. The molecular formula is C25H24N4O4. The number of amides is 1. The van der Waals surface area contributed by atoms with Crippen LogP contribution in [0.4, 0.5) is 11.4 Å². The van der Waals surface area contributed by atoms with Crippen LogP contribution in [0.15, 0.2) is 77.9 Å². The minimum absolute atomic E-state index is 0.0496. The molecule has 1 amide bonds. The first-order chi connectivity index (χ1) is 16.1. The van der Waals surface area contributed by atoms with E-state index in [9.17, 15) is 14.9 Å². The lowest BCUT2D eigenvalue weighted by Gasteiger charge is -2.17. The zero-order chi connectivity index (χ0) is 23.0. The summed E-state index contributed by atoms with van der Waals surface area (Å²) < 4.78 is 5.71. The molecule has 0 unspecified atom stereocenters. The lowest BCUT2D eigenvalue weighted by molar-refractivity contribution is -0.384. The van der Waals surface area contributed by atoms with Crippen LogP contribution in [0.1, 0.15) is 34.3 Å². The predicted octanol–water partition coefficient (Wildman–Crippen LogP) is 4.54. The second kappa shape index (κ2) is 10.4. The SMILES string of the molecule is O=C(N/N=C\c1ccc(OCc2ccc([N+](=O)[O-])cc2)cc1)c1ccc(N2CCCC2)cc1. The van der Waals surface area contributed by atoms with Gasteiger partial charge in [0.1, 0.15) is 12.4 Å². The van der Waals surface area contributed by atoms with E-state index in [4.69, 9.17) is 4.74 Å². The molecule has 0 aromatic heterocycles. The maximum absolute atomic E-state index is 12.3. The van der Waals surface area contributed by atoms with E-state index in [2.05, 4.69) is 15.4 Å². The number of ether oxygens (including phenoxy) is 1. The predicted molar refractivity (Wildman–Crippen MR) is 127 cm³/mol. The number of nitrogens with zero attached hydrogens (tertiary/aromatic N) is 3. The summed E-state index contributed by atoms with van der Waals surface area (Å²) in [5.41, 5.74) is 5.94. The summed E-state index contributed by atoms with van der Waals surface area (Å²) in [4.78, 5) is 24.9. The van der Waals surface area contributed by atoms with Gasteiger partial charge in [-0.05, 0) is 84.6 Å². The number of nitro groups is 1. The largest absolute Gasteiger partial charge is 0.489 e. The third-order valence-electron chi connectivity index (χ3n) is 5.41. The Morgan fingerprint density at radius 1 is 1.00 bits per heavy atom. The third kappa shape index (κ3) is 5.94. The van der Waals surface area contributed by atoms with Crippen molar-refractivity contribution in [1.29, 1.82) is 0 Å². The first-order valence-corrected chi connectivity index (χ1v) is 10.7. The molecule has 1 saturated heterocycles. The highest BCUT2D eigenvalue weighted by Crippen LogP contribution is 2.20. The fourth-order valence-corrected chi connectivity index (χ4v) is 3.56. The number of non-ortho nitro benzene ring substituents is 1. The maximum atomic E-state index is 12.3. The van der Waals surface area contributed by atoms with E-state index in [-0.39, 0.29) is 11.6 Å². The molecule has 8 heteroatoms. The van der Waals surface area contributed by atoms with Gasteiger partial charge < -0.3 is 9.64 Å². The van der Waals surface area contributed by atoms with Gasteiger partial charge >= 0.3 is 0 Å². The first-order valence-electron chi connectivity index (χ1n) is 10.7. The molecule has 0 spiro atoms. The number of carbonyl (C=O) groups excluding carboxylic acids is 1. The highest BCUT2D eigenvalue weighted by Gasteiger charge is 2.13. The van der Waals surface area contributed by atoms with Crippen LogP contribution in [0.5, 0.6) is 5.75 Å². The van der Waals surface area contributed by atoms with E-state index >= 15 is 0 Å². The lowest BCUT2D eigenvalue weighted by atomic mass is 10.2. The highest BCUT2D eigenvalue weighted by atomic mass is 16.6. The number of nitrogens with one attached hydrogen (secondary N) is 1. The Hall–Kier alpha value is -4.20. The van der Waals surface area contributed by atoms with E-state index in [1.54, 1.807) is 30.5 Å². The molecule has 0 bridgehead atoms. The molecule has 0 aliphatic carbocycles. The summed E-state index contributed by atoms with van der Waals surface area (Å²) in [7, 11) is 0. The van der Waals surface area contributed by atoms with Crippen molar-refractivity contribution in [3.63, 3.8) is 0 Å². The minimum Gasteiger partial charge on any atom is -0.489 e.